The second kappa shape index (κ2) is 3.49. The van der Waals surface area contributed by atoms with Crippen molar-refractivity contribution in [2.24, 2.45) is 5.41 Å². The summed E-state index contributed by atoms with van der Waals surface area (Å²) in [6.45, 7) is 6.37. The van der Waals surface area contributed by atoms with Crippen LogP contribution in [0.5, 0.6) is 0 Å². The Hall–Kier alpha value is -1.23. The van der Waals surface area contributed by atoms with Gasteiger partial charge in [0.05, 0.1) is 12.5 Å². The van der Waals surface area contributed by atoms with Crippen LogP contribution in [0.15, 0.2) is 24.4 Å². The van der Waals surface area contributed by atoms with Gasteiger partial charge in [-0.1, -0.05) is 19.1 Å². The zero-order chi connectivity index (χ0) is 10.0. The van der Waals surface area contributed by atoms with Crippen LogP contribution in [-0.2, 0) is 0 Å². The van der Waals surface area contributed by atoms with Crippen LogP contribution in [-0.4, -0.2) is 18.0 Å². The van der Waals surface area contributed by atoms with Crippen molar-refractivity contribution in [1.82, 2.24) is 4.90 Å². The lowest BCUT2D eigenvalue weighted by Gasteiger charge is -2.57. The summed E-state index contributed by atoms with van der Waals surface area (Å²) in [7, 11) is 0. The topological polar surface area (TPSA) is 27.0 Å². The van der Waals surface area contributed by atoms with E-state index in [0.717, 1.165) is 5.70 Å². The van der Waals surface area contributed by atoms with E-state index in [4.69, 9.17) is 5.26 Å². The Morgan fingerprint density at radius 1 is 1.50 bits per heavy atom. The second-order valence-corrected chi connectivity index (χ2v) is 4.47. The summed E-state index contributed by atoms with van der Waals surface area (Å²) in [6.07, 6.45) is 8.54. The maximum Gasteiger partial charge on any atom is 0.0663 e. The van der Waals surface area contributed by atoms with E-state index in [2.05, 4.69) is 17.5 Å². The molecule has 0 aromatic carbocycles. The molecule has 2 nitrogen and oxygen atoms in total. The Balaban J connectivity index is 1.76. The van der Waals surface area contributed by atoms with Gasteiger partial charge in [0.1, 0.15) is 0 Å². The van der Waals surface area contributed by atoms with Gasteiger partial charge in [0.2, 0.25) is 0 Å². The average Bonchev–Trinajstić information content (AvgIpc) is 1.99. The molecule has 0 radical (unpaired) electrons. The first-order valence-electron chi connectivity index (χ1n) is 5.23. The maximum atomic E-state index is 8.37. The summed E-state index contributed by atoms with van der Waals surface area (Å²) in [6, 6.07) is 2.09. The van der Waals surface area contributed by atoms with E-state index in [9.17, 15) is 0 Å². The molecule has 2 rings (SSSR count). The smallest absolute Gasteiger partial charge is 0.0663 e. The standard InChI is InChI=1S/C12H16N2/c1-11(5-2-3-8-13)14-9-12(10-14)6-4-7-12/h2,5H,1,3-4,6-7,9-10H2/b5-2-. The van der Waals surface area contributed by atoms with Crippen molar-refractivity contribution in [2.75, 3.05) is 13.1 Å². The largest absolute Gasteiger partial charge is 0.371 e. The van der Waals surface area contributed by atoms with Crippen molar-refractivity contribution in [2.45, 2.75) is 25.7 Å². The highest BCUT2D eigenvalue weighted by Crippen LogP contribution is 2.49. The van der Waals surface area contributed by atoms with Crippen molar-refractivity contribution in [3.8, 4) is 6.07 Å². The van der Waals surface area contributed by atoms with Crippen LogP contribution >= 0.6 is 0 Å². The molecule has 0 aromatic rings. The number of hydrogen-bond donors (Lipinski definition) is 0. The number of nitriles is 1. The Morgan fingerprint density at radius 2 is 2.21 bits per heavy atom. The van der Waals surface area contributed by atoms with Crippen molar-refractivity contribution >= 4 is 0 Å². The number of likely N-dealkylation sites (tertiary alicyclic amines) is 1. The summed E-state index contributed by atoms with van der Waals surface area (Å²) in [5.41, 5.74) is 1.73. The Morgan fingerprint density at radius 3 is 2.71 bits per heavy atom. The van der Waals surface area contributed by atoms with Crippen molar-refractivity contribution in [3.05, 3.63) is 24.4 Å². The van der Waals surface area contributed by atoms with Crippen molar-refractivity contribution in [1.29, 1.82) is 5.26 Å². The highest BCUT2D eigenvalue weighted by atomic mass is 15.2. The number of hydrogen-bond acceptors (Lipinski definition) is 2. The molecule has 2 heteroatoms. The van der Waals surface area contributed by atoms with E-state index in [0.29, 0.717) is 11.8 Å². The molecule has 2 aliphatic rings. The van der Waals surface area contributed by atoms with E-state index >= 15 is 0 Å². The lowest BCUT2D eigenvalue weighted by atomic mass is 9.63. The molecule has 14 heavy (non-hydrogen) atoms. The lowest BCUT2D eigenvalue weighted by Crippen LogP contribution is -2.58. The van der Waals surface area contributed by atoms with Crippen LogP contribution in [0.25, 0.3) is 0 Å². The fourth-order valence-corrected chi connectivity index (χ4v) is 2.31. The zero-order valence-electron chi connectivity index (χ0n) is 8.50. The molecule has 1 aliphatic heterocycles. The Labute approximate surface area is 85.5 Å². The number of allylic oxidation sites excluding steroid dienone is 2. The van der Waals surface area contributed by atoms with Gasteiger partial charge in [-0.05, 0) is 18.9 Å². The monoisotopic (exact) mass is 188 g/mol. The fourth-order valence-electron chi connectivity index (χ4n) is 2.31. The predicted octanol–water partition coefficient (Wildman–Crippen LogP) is 2.46. The molecular weight excluding hydrogens is 172 g/mol. The first-order chi connectivity index (χ1) is 6.76. The van der Waals surface area contributed by atoms with Gasteiger partial charge >= 0.3 is 0 Å². The highest BCUT2D eigenvalue weighted by Gasteiger charge is 2.47. The molecule has 1 saturated carbocycles. The molecule has 0 aromatic heterocycles. The quantitative estimate of drug-likeness (QED) is 0.636. The van der Waals surface area contributed by atoms with Crippen LogP contribution in [0.2, 0.25) is 0 Å². The van der Waals surface area contributed by atoms with Gasteiger partial charge in [-0.15, -0.1) is 0 Å². The molecule has 0 N–H and O–H groups in total. The van der Waals surface area contributed by atoms with Crippen LogP contribution in [0.4, 0.5) is 0 Å². The minimum atomic E-state index is 0.484. The molecule has 0 atom stereocenters. The van der Waals surface area contributed by atoms with Crippen LogP contribution in [0, 0.1) is 16.7 Å². The van der Waals surface area contributed by atoms with Gasteiger partial charge < -0.3 is 4.90 Å². The fraction of sp³-hybridized carbons (Fsp3) is 0.583. The third-order valence-electron chi connectivity index (χ3n) is 3.39. The zero-order valence-corrected chi connectivity index (χ0v) is 8.50. The minimum Gasteiger partial charge on any atom is -0.371 e. The van der Waals surface area contributed by atoms with Crippen molar-refractivity contribution < 1.29 is 0 Å². The van der Waals surface area contributed by atoms with Crippen LogP contribution in [0.3, 0.4) is 0 Å². The first kappa shape index (κ1) is 9.33. The van der Waals surface area contributed by atoms with E-state index in [1.807, 2.05) is 12.2 Å². The van der Waals surface area contributed by atoms with Gasteiger partial charge in [-0.3, -0.25) is 0 Å². The third kappa shape index (κ3) is 1.55. The van der Waals surface area contributed by atoms with Gasteiger partial charge in [0.25, 0.3) is 0 Å². The normalized spacial score (nSPS) is 22.9. The molecular formula is C12H16N2. The van der Waals surface area contributed by atoms with E-state index < -0.39 is 0 Å². The summed E-state index contributed by atoms with van der Waals surface area (Å²) >= 11 is 0. The Kier molecular flexibility index (Phi) is 2.33. The predicted molar refractivity (Wildman–Crippen MR) is 56.4 cm³/mol. The van der Waals surface area contributed by atoms with Crippen molar-refractivity contribution in [3.63, 3.8) is 0 Å². The van der Waals surface area contributed by atoms with Crippen LogP contribution < -0.4 is 0 Å². The third-order valence-corrected chi connectivity index (χ3v) is 3.39. The SMILES string of the molecule is C=C(/C=C\CC#N)N1CC2(CCC2)C1. The molecule has 2 fully saturated rings. The van der Waals surface area contributed by atoms with Gasteiger partial charge in [-0.2, -0.15) is 5.26 Å². The minimum absolute atomic E-state index is 0.484. The van der Waals surface area contributed by atoms with E-state index in [-0.39, 0.29) is 0 Å². The van der Waals surface area contributed by atoms with Crippen LogP contribution in [0.1, 0.15) is 25.7 Å². The summed E-state index contributed by atoms with van der Waals surface area (Å²) < 4.78 is 0. The first-order valence-corrected chi connectivity index (χ1v) is 5.23. The van der Waals surface area contributed by atoms with E-state index in [1.165, 1.54) is 32.4 Å². The highest BCUT2D eigenvalue weighted by molar-refractivity contribution is 5.19. The summed E-state index contributed by atoms with van der Waals surface area (Å²) in [4.78, 5) is 2.31. The molecule has 1 heterocycles. The maximum absolute atomic E-state index is 8.37. The molecule has 0 bridgehead atoms. The Bertz CT molecular complexity index is 297. The van der Waals surface area contributed by atoms with Gasteiger partial charge in [0, 0.05) is 24.2 Å². The summed E-state index contributed by atoms with van der Waals surface area (Å²) in [5.74, 6) is 0. The lowest BCUT2D eigenvalue weighted by molar-refractivity contribution is -0.0358. The summed E-state index contributed by atoms with van der Waals surface area (Å²) in [5, 5.41) is 8.37. The molecule has 0 unspecified atom stereocenters. The molecule has 74 valence electrons. The molecule has 1 spiro atoms. The average molecular weight is 188 g/mol. The molecule has 0 amide bonds. The number of nitrogens with zero attached hydrogens (tertiary/aromatic N) is 2. The molecule has 1 saturated heterocycles. The van der Waals surface area contributed by atoms with E-state index in [1.54, 1.807) is 0 Å². The molecule has 1 aliphatic carbocycles. The number of rotatable bonds is 3. The van der Waals surface area contributed by atoms with Gasteiger partial charge in [0.15, 0.2) is 0 Å². The second-order valence-electron chi connectivity index (χ2n) is 4.47. The van der Waals surface area contributed by atoms with Gasteiger partial charge in [-0.25, -0.2) is 0 Å².